The lowest BCUT2D eigenvalue weighted by molar-refractivity contribution is -0.150. The molecule has 2 fully saturated rings. The van der Waals surface area contributed by atoms with Gasteiger partial charge in [-0.05, 0) is 52.7 Å². The van der Waals surface area contributed by atoms with Crippen LogP contribution in [0, 0.1) is 5.41 Å². The minimum atomic E-state index is -0.804. The van der Waals surface area contributed by atoms with Crippen molar-refractivity contribution in [2.24, 2.45) is 5.41 Å². The van der Waals surface area contributed by atoms with E-state index in [0.717, 1.165) is 32.4 Å². The average Bonchev–Trinajstić information content (AvgIpc) is 2.46. The fourth-order valence-corrected chi connectivity index (χ4v) is 3.34. The molecule has 21 heavy (non-hydrogen) atoms. The van der Waals surface area contributed by atoms with Crippen LogP contribution in [0.25, 0.3) is 0 Å². The first kappa shape index (κ1) is 16.1. The first-order chi connectivity index (χ1) is 9.83. The number of carbonyl (C=O) groups excluding carboxylic acids is 1. The number of piperidine rings is 2. The molecule has 0 aromatic carbocycles. The zero-order valence-electron chi connectivity index (χ0n) is 13.3. The van der Waals surface area contributed by atoms with Gasteiger partial charge in [0.1, 0.15) is 0 Å². The molecule has 0 aromatic rings. The third-order valence-corrected chi connectivity index (χ3v) is 5.02. The van der Waals surface area contributed by atoms with Gasteiger partial charge in [-0.15, -0.1) is 0 Å². The number of aliphatic carboxylic acids is 1. The summed E-state index contributed by atoms with van der Waals surface area (Å²) in [5, 5.41) is 9.36. The van der Waals surface area contributed by atoms with Crippen LogP contribution in [0.4, 0.5) is 4.79 Å². The van der Waals surface area contributed by atoms with E-state index < -0.39 is 11.4 Å². The molecule has 2 heterocycles. The number of amides is 2. The molecule has 0 saturated carbocycles. The minimum absolute atomic E-state index is 0.0169. The summed E-state index contributed by atoms with van der Waals surface area (Å²) in [6, 6.07) is 0.253. The van der Waals surface area contributed by atoms with Gasteiger partial charge < -0.3 is 19.8 Å². The van der Waals surface area contributed by atoms with Gasteiger partial charge in [-0.25, -0.2) is 4.79 Å². The Morgan fingerprint density at radius 3 is 2.43 bits per heavy atom. The molecular weight excluding hydrogens is 270 g/mol. The Morgan fingerprint density at radius 2 is 1.86 bits per heavy atom. The molecule has 6 heteroatoms. The Balaban J connectivity index is 1.97. The number of nitrogens with zero attached hydrogens (tertiary/aromatic N) is 3. The Labute approximate surface area is 126 Å². The maximum absolute atomic E-state index is 12.6. The van der Waals surface area contributed by atoms with Gasteiger partial charge in [0.15, 0.2) is 0 Å². The first-order valence-electron chi connectivity index (χ1n) is 7.77. The van der Waals surface area contributed by atoms with E-state index in [9.17, 15) is 14.7 Å². The lowest BCUT2D eigenvalue weighted by Crippen LogP contribution is -2.54. The Hall–Kier alpha value is -1.30. The van der Waals surface area contributed by atoms with Gasteiger partial charge in [0.25, 0.3) is 0 Å². The van der Waals surface area contributed by atoms with E-state index in [2.05, 4.69) is 11.9 Å². The number of hydrogen-bond donors (Lipinski definition) is 1. The number of carboxylic acid groups (broad SMARTS) is 1. The van der Waals surface area contributed by atoms with Crippen LogP contribution < -0.4 is 0 Å². The highest BCUT2D eigenvalue weighted by Crippen LogP contribution is 2.30. The van der Waals surface area contributed by atoms with Crippen LogP contribution in [0.3, 0.4) is 0 Å². The predicted octanol–water partition coefficient (Wildman–Crippen LogP) is 1.32. The molecule has 2 aliphatic heterocycles. The zero-order chi connectivity index (χ0) is 15.6. The van der Waals surface area contributed by atoms with Crippen LogP contribution in [0.1, 0.15) is 32.6 Å². The number of likely N-dealkylation sites (tertiary alicyclic amines) is 2. The first-order valence-corrected chi connectivity index (χ1v) is 7.77. The van der Waals surface area contributed by atoms with Crippen LogP contribution in [0.5, 0.6) is 0 Å². The van der Waals surface area contributed by atoms with E-state index in [-0.39, 0.29) is 12.1 Å². The van der Waals surface area contributed by atoms with Gasteiger partial charge in [-0.1, -0.05) is 0 Å². The Morgan fingerprint density at radius 1 is 1.24 bits per heavy atom. The topological polar surface area (TPSA) is 64.1 Å². The van der Waals surface area contributed by atoms with E-state index in [4.69, 9.17) is 0 Å². The summed E-state index contributed by atoms with van der Waals surface area (Å²) in [6.07, 6.45) is 3.38. The standard InChI is InChI=1S/C15H27N3O3/c1-15(13(19)20)7-4-8-18(11-15)14(21)17(3)12-5-9-16(2)10-6-12/h12H,4-11H2,1-3H3,(H,19,20). The van der Waals surface area contributed by atoms with Crippen LogP contribution in [0.15, 0.2) is 0 Å². The summed E-state index contributed by atoms with van der Waals surface area (Å²) >= 11 is 0. The summed E-state index contributed by atoms with van der Waals surface area (Å²) in [5.41, 5.74) is -0.804. The molecular formula is C15H27N3O3. The normalized spacial score (nSPS) is 28.4. The molecule has 2 amide bonds. The van der Waals surface area contributed by atoms with Crippen LogP contribution in [-0.2, 0) is 4.79 Å². The van der Waals surface area contributed by atoms with Gasteiger partial charge in [0.05, 0.1) is 5.41 Å². The van der Waals surface area contributed by atoms with Gasteiger partial charge in [0, 0.05) is 26.2 Å². The predicted molar refractivity (Wildman–Crippen MR) is 80.2 cm³/mol. The smallest absolute Gasteiger partial charge is 0.320 e. The molecule has 1 N–H and O–H groups in total. The molecule has 1 unspecified atom stereocenters. The van der Waals surface area contributed by atoms with Gasteiger partial charge >= 0.3 is 12.0 Å². The van der Waals surface area contributed by atoms with Crippen molar-refractivity contribution < 1.29 is 14.7 Å². The van der Waals surface area contributed by atoms with Gasteiger partial charge in [-0.2, -0.15) is 0 Å². The second-order valence-corrected chi connectivity index (χ2v) is 6.82. The van der Waals surface area contributed by atoms with E-state index >= 15 is 0 Å². The third kappa shape index (κ3) is 3.48. The molecule has 0 spiro atoms. The van der Waals surface area contributed by atoms with Crippen molar-refractivity contribution in [3.8, 4) is 0 Å². The number of urea groups is 1. The average molecular weight is 297 g/mol. The van der Waals surface area contributed by atoms with E-state index in [1.807, 2.05) is 11.9 Å². The highest BCUT2D eigenvalue weighted by Gasteiger charge is 2.40. The highest BCUT2D eigenvalue weighted by molar-refractivity contribution is 5.78. The van der Waals surface area contributed by atoms with Crippen LogP contribution in [0.2, 0.25) is 0 Å². The lowest BCUT2D eigenvalue weighted by atomic mass is 9.82. The maximum Gasteiger partial charge on any atom is 0.320 e. The minimum Gasteiger partial charge on any atom is -0.481 e. The molecule has 2 aliphatic rings. The van der Waals surface area contributed by atoms with Crippen LogP contribution in [-0.4, -0.2) is 78.1 Å². The quantitative estimate of drug-likeness (QED) is 0.835. The fourth-order valence-electron chi connectivity index (χ4n) is 3.34. The van der Waals surface area contributed by atoms with Crippen molar-refractivity contribution in [1.82, 2.24) is 14.7 Å². The molecule has 120 valence electrons. The second-order valence-electron chi connectivity index (χ2n) is 6.82. The van der Waals surface area contributed by atoms with Crippen molar-refractivity contribution in [2.45, 2.75) is 38.6 Å². The van der Waals surface area contributed by atoms with Crippen LogP contribution >= 0.6 is 0 Å². The number of rotatable bonds is 2. The fraction of sp³-hybridized carbons (Fsp3) is 0.867. The molecule has 1 atom stereocenters. The number of carboxylic acids is 1. The van der Waals surface area contributed by atoms with Crippen molar-refractivity contribution in [2.75, 3.05) is 40.3 Å². The monoisotopic (exact) mass is 297 g/mol. The van der Waals surface area contributed by atoms with E-state index in [1.165, 1.54) is 0 Å². The molecule has 0 bridgehead atoms. The number of hydrogen-bond acceptors (Lipinski definition) is 3. The third-order valence-electron chi connectivity index (χ3n) is 5.02. The summed E-state index contributed by atoms with van der Waals surface area (Å²) in [4.78, 5) is 29.8. The zero-order valence-corrected chi connectivity index (χ0v) is 13.3. The molecule has 0 aromatic heterocycles. The summed E-state index contributed by atoms with van der Waals surface area (Å²) in [7, 11) is 3.95. The van der Waals surface area contributed by atoms with Crippen molar-refractivity contribution in [3.63, 3.8) is 0 Å². The number of carbonyl (C=O) groups is 2. The molecule has 2 rings (SSSR count). The lowest BCUT2D eigenvalue weighted by Gasteiger charge is -2.42. The van der Waals surface area contributed by atoms with Crippen molar-refractivity contribution in [1.29, 1.82) is 0 Å². The van der Waals surface area contributed by atoms with Crippen molar-refractivity contribution in [3.05, 3.63) is 0 Å². The molecule has 0 aliphatic carbocycles. The Kier molecular flexibility index (Phi) is 4.76. The Bertz CT molecular complexity index is 407. The summed E-state index contributed by atoms with van der Waals surface area (Å²) in [5.74, 6) is -0.804. The molecule has 0 radical (unpaired) electrons. The molecule has 6 nitrogen and oxygen atoms in total. The van der Waals surface area contributed by atoms with E-state index in [1.54, 1.807) is 11.8 Å². The molecule has 2 saturated heterocycles. The highest BCUT2D eigenvalue weighted by atomic mass is 16.4. The summed E-state index contributed by atoms with van der Waals surface area (Å²) in [6.45, 7) is 4.74. The van der Waals surface area contributed by atoms with E-state index in [0.29, 0.717) is 19.5 Å². The summed E-state index contributed by atoms with van der Waals surface area (Å²) < 4.78 is 0. The second kappa shape index (κ2) is 6.22. The maximum atomic E-state index is 12.6. The largest absolute Gasteiger partial charge is 0.481 e. The van der Waals surface area contributed by atoms with Gasteiger partial charge in [-0.3, -0.25) is 4.79 Å². The van der Waals surface area contributed by atoms with Crippen molar-refractivity contribution >= 4 is 12.0 Å². The SMILES string of the molecule is CN1CCC(N(C)C(=O)N2CCCC(C)(C(=O)O)C2)CC1. The van der Waals surface area contributed by atoms with Gasteiger partial charge in [0.2, 0.25) is 0 Å².